The van der Waals surface area contributed by atoms with Gasteiger partial charge in [-0.25, -0.2) is 0 Å². The molecule has 0 radical (unpaired) electrons. The Bertz CT molecular complexity index is 325. The van der Waals surface area contributed by atoms with E-state index < -0.39 is 0 Å². The van der Waals surface area contributed by atoms with Crippen molar-refractivity contribution in [2.75, 3.05) is 0 Å². The molecule has 0 aromatic carbocycles. The third kappa shape index (κ3) is 0.738. The Morgan fingerprint density at radius 2 is 2.27 bits per heavy atom. The predicted octanol–water partition coefficient (Wildman–Crippen LogP) is 0.887. The fourth-order valence-corrected chi connectivity index (χ4v) is 1.42. The molecule has 3 heteroatoms. The van der Waals surface area contributed by atoms with Crippen LogP contribution in [0.3, 0.4) is 0 Å². The van der Waals surface area contributed by atoms with Gasteiger partial charge in [0.25, 0.3) is 0 Å². The highest BCUT2D eigenvalue weighted by Gasteiger charge is 2.20. The molecule has 1 aromatic heterocycles. The maximum atomic E-state index is 11.1. The number of fused-ring (bicyclic) bond motifs is 1. The summed E-state index contributed by atoms with van der Waals surface area (Å²) >= 11 is 0. The van der Waals surface area contributed by atoms with Crippen molar-refractivity contribution in [2.24, 2.45) is 0 Å². The molecule has 1 aliphatic heterocycles. The Labute approximate surface area is 63.6 Å². The molecule has 0 unspecified atom stereocenters. The van der Waals surface area contributed by atoms with Gasteiger partial charge in [0.1, 0.15) is 0 Å². The van der Waals surface area contributed by atoms with Crippen LogP contribution in [0.2, 0.25) is 0 Å². The third-order valence-electron chi connectivity index (χ3n) is 1.98. The summed E-state index contributed by atoms with van der Waals surface area (Å²) in [7, 11) is 0. The number of rotatable bonds is 1. The van der Waals surface area contributed by atoms with Crippen molar-refractivity contribution >= 4 is 12.1 Å². The van der Waals surface area contributed by atoms with E-state index in [1.54, 1.807) is 16.7 Å². The van der Waals surface area contributed by atoms with Gasteiger partial charge in [0.15, 0.2) is 12.1 Å². The Hall–Kier alpha value is -1.38. The molecule has 0 atom stereocenters. The first kappa shape index (κ1) is 6.34. The van der Waals surface area contributed by atoms with E-state index in [0.717, 1.165) is 6.29 Å². The fourth-order valence-electron chi connectivity index (χ4n) is 1.42. The molecule has 3 nitrogen and oxygen atoms in total. The number of carbonyl (C=O) groups is 2. The average molecular weight is 149 g/mol. The van der Waals surface area contributed by atoms with Crippen LogP contribution in [0.1, 0.15) is 27.4 Å². The zero-order valence-corrected chi connectivity index (χ0v) is 5.91. The van der Waals surface area contributed by atoms with Crippen molar-refractivity contribution in [3.8, 4) is 0 Å². The molecule has 11 heavy (non-hydrogen) atoms. The maximum Gasteiger partial charge on any atom is 0.181 e. The lowest BCUT2D eigenvalue weighted by Gasteiger charge is -1.95. The summed E-state index contributed by atoms with van der Waals surface area (Å²) in [6.07, 6.45) is 1.32. The first-order valence-electron chi connectivity index (χ1n) is 3.51. The summed E-state index contributed by atoms with van der Waals surface area (Å²) in [4.78, 5) is 21.5. The molecule has 0 saturated carbocycles. The highest BCUT2D eigenvalue weighted by Crippen LogP contribution is 2.17. The molecule has 1 aliphatic rings. The van der Waals surface area contributed by atoms with Crippen LogP contribution in [0, 0.1) is 0 Å². The van der Waals surface area contributed by atoms with E-state index in [1.807, 2.05) is 0 Å². The molecular formula is C8H7NO2. The monoisotopic (exact) mass is 149 g/mol. The molecule has 0 aliphatic carbocycles. The number of nitrogens with zero attached hydrogens (tertiary/aromatic N) is 1. The number of aromatic nitrogens is 1. The average Bonchev–Trinajstić information content (AvgIpc) is 2.53. The van der Waals surface area contributed by atoms with E-state index in [-0.39, 0.29) is 5.78 Å². The van der Waals surface area contributed by atoms with Gasteiger partial charge in [-0.15, -0.1) is 0 Å². The summed E-state index contributed by atoms with van der Waals surface area (Å²) in [6.45, 7) is 0.662. The minimum absolute atomic E-state index is 0.137. The molecular weight excluding hydrogens is 142 g/mol. The van der Waals surface area contributed by atoms with Gasteiger partial charge < -0.3 is 4.57 Å². The van der Waals surface area contributed by atoms with Crippen molar-refractivity contribution in [1.82, 2.24) is 4.57 Å². The zero-order valence-electron chi connectivity index (χ0n) is 5.91. The number of aldehydes is 1. The molecule has 0 spiro atoms. The summed E-state index contributed by atoms with van der Waals surface area (Å²) in [6, 6.07) is 3.39. The molecule has 2 heterocycles. The van der Waals surface area contributed by atoms with Crippen LogP contribution >= 0.6 is 0 Å². The third-order valence-corrected chi connectivity index (χ3v) is 1.98. The lowest BCUT2D eigenvalue weighted by molar-refractivity contribution is 0.0994. The second kappa shape index (κ2) is 2.05. The Balaban J connectivity index is 2.60. The molecule has 2 rings (SSSR count). The van der Waals surface area contributed by atoms with Crippen molar-refractivity contribution in [3.63, 3.8) is 0 Å². The number of ketones is 1. The Morgan fingerprint density at radius 1 is 1.45 bits per heavy atom. The van der Waals surface area contributed by atoms with Gasteiger partial charge in [-0.3, -0.25) is 9.59 Å². The number of hydrogen-bond donors (Lipinski definition) is 0. The molecule has 0 bridgehead atoms. The van der Waals surface area contributed by atoms with Crippen molar-refractivity contribution in [3.05, 3.63) is 23.5 Å². The number of hydrogen-bond acceptors (Lipinski definition) is 2. The van der Waals surface area contributed by atoms with Crippen LogP contribution in [-0.2, 0) is 6.54 Å². The van der Waals surface area contributed by atoms with Gasteiger partial charge in [-0.2, -0.15) is 0 Å². The van der Waals surface area contributed by atoms with Gasteiger partial charge in [0.05, 0.1) is 11.4 Å². The highest BCUT2D eigenvalue weighted by atomic mass is 16.1. The standard InChI is InChI=1S/C8H7NO2/c10-5-6-1-2-7-8(11)3-4-9(6)7/h1-2,5H,3-4H2. The van der Waals surface area contributed by atoms with Gasteiger partial charge in [0.2, 0.25) is 0 Å². The first-order chi connectivity index (χ1) is 5.33. The van der Waals surface area contributed by atoms with Gasteiger partial charge in [-0.1, -0.05) is 0 Å². The van der Waals surface area contributed by atoms with E-state index in [1.165, 1.54) is 0 Å². The summed E-state index contributed by atoms with van der Waals surface area (Å²) in [5.41, 5.74) is 1.28. The normalized spacial score (nSPS) is 15.1. The van der Waals surface area contributed by atoms with E-state index in [9.17, 15) is 9.59 Å². The molecule has 0 fully saturated rings. The van der Waals surface area contributed by atoms with Crippen LogP contribution in [-0.4, -0.2) is 16.6 Å². The topological polar surface area (TPSA) is 39.1 Å². The largest absolute Gasteiger partial charge is 0.335 e. The number of carbonyl (C=O) groups excluding carboxylic acids is 2. The minimum atomic E-state index is 0.137. The minimum Gasteiger partial charge on any atom is -0.335 e. The highest BCUT2D eigenvalue weighted by molar-refractivity contribution is 5.97. The summed E-state index contributed by atoms with van der Waals surface area (Å²) < 4.78 is 1.76. The van der Waals surface area contributed by atoms with Crippen molar-refractivity contribution in [1.29, 1.82) is 0 Å². The lowest BCUT2D eigenvalue weighted by Crippen LogP contribution is -1.97. The Morgan fingerprint density at radius 3 is 3.00 bits per heavy atom. The smallest absolute Gasteiger partial charge is 0.181 e. The summed E-state index contributed by atoms with van der Waals surface area (Å²) in [5.74, 6) is 0.137. The Kier molecular flexibility index (Phi) is 1.18. The van der Waals surface area contributed by atoms with Crippen LogP contribution in [0.5, 0.6) is 0 Å². The quantitative estimate of drug-likeness (QED) is 0.556. The van der Waals surface area contributed by atoms with Gasteiger partial charge >= 0.3 is 0 Å². The van der Waals surface area contributed by atoms with Gasteiger partial charge in [0, 0.05) is 13.0 Å². The second-order valence-electron chi connectivity index (χ2n) is 2.59. The molecule has 0 amide bonds. The SMILES string of the molecule is O=Cc1ccc2n1CCC2=O. The number of Topliss-reactive ketones (excluding diaryl/α,β-unsaturated/α-hetero) is 1. The maximum absolute atomic E-state index is 11.1. The van der Waals surface area contributed by atoms with Gasteiger partial charge in [-0.05, 0) is 12.1 Å². The second-order valence-corrected chi connectivity index (χ2v) is 2.59. The molecule has 0 saturated heterocycles. The van der Waals surface area contributed by atoms with Crippen LogP contribution in [0.25, 0.3) is 0 Å². The van der Waals surface area contributed by atoms with Crippen LogP contribution in [0.15, 0.2) is 12.1 Å². The molecule has 1 aromatic rings. The molecule has 0 N–H and O–H groups in total. The van der Waals surface area contributed by atoms with Crippen molar-refractivity contribution < 1.29 is 9.59 Å². The molecule has 56 valence electrons. The van der Waals surface area contributed by atoms with Crippen LogP contribution < -0.4 is 0 Å². The van der Waals surface area contributed by atoms with Crippen molar-refractivity contribution in [2.45, 2.75) is 13.0 Å². The van der Waals surface area contributed by atoms with E-state index in [2.05, 4.69) is 0 Å². The first-order valence-corrected chi connectivity index (χ1v) is 3.51. The van der Waals surface area contributed by atoms with E-state index in [0.29, 0.717) is 24.4 Å². The van der Waals surface area contributed by atoms with Crippen LogP contribution in [0.4, 0.5) is 0 Å². The summed E-state index contributed by atoms with van der Waals surface area (Å²) in [5, 5.41) is 0. The fraction of sp³-hybridized carbons (Fsp3) is 0.250. The lowest BCUT2D eigenvalue weighted by atomic mass is 10.3. The van der Waals surface area contributed by atoms with E-state index >= 15 is 0 Å². The zero-order chi connectivity index (χ0) is 7.84. The predicted molar refractivity (Wildman–Crippen MR) is 38.8 cm³/mol. The van der Waals surface area contributed by atoms with E-state index in [4.69, 9.17) is 0 Å².